The van der Waals surface area contributed by atoms with Crippen LogP contribution in [-0.4, -0.2) is 23.8 Å². The van der Waals surface area contributed by atoms with E-state index in [4.69, 9.17) is 26.8 Å². The Morgan fingerprint density at radius 3 is 2.52 bits per heavy atom. The van der Waals surface area contributed by atoms with Gasteiger partial charge in [-0.3, -0.25) is 4.57 Å². The second-order valence-electron chi connectivity index (χ2n) is 4.45. The Morgan fingerprint density at radius 1 is 1.10 bits per heavy atom. The number of methoxy groups -OCH3 is 2. The molecule has 2 N–H and O–H groups in total. The molecule has 0 bridgehead atoms. The van der Waals surface area contributed by atoms with Crippen LogP contribution < -0.4 is 15.2 Å². The standard InChI is InChI=1S/C15H14ClN3O2/c1-20-12-7-6-9(8-10(12)16)19-11-4-3-5-13(21-2)14(11)18-15(19)17/h3-8H,1-2H3,(H2,17,18). The minimum absolute atomic E-state index is 0.371. The number of ether oxygens (including phenoxy) is 2. The van der Waals surface area contributed by atoms with Gasteiger partial charge in [0.15, 0.2) is 0 Å². The van der Waals surface area contributed by atoms with Crippen molar-refractivity contribution in [1.82, 2.24) is 9.55 Å². The van der Waals surface area contributed by atoms with Gasteiger partial charge in [-0.2, -0.15) is 0 Å². The molecule has 1 aromatic heterocycles. The highest BCUT2D eigenvalue weighted by Gasteiger charge is 2.14. The van der Waals surface area contributed by atoms with E-state index in [0.717, 1.165) is 11.2 Å². The molecule has 3 rings (SSSR count). The third-order valence-electron chi connectivity index (χ3n) is 3.29. The molecule has 0 amide bonds. The molecule has 108 valence electrons. The predicted molar refractivity (Wildman–Crippen MR) is 83.6 cm³/mol. The second kappa shape index (κ2) is 5.18. The van der Waals surface area contributed by atoms with Gasteiger partial charge in [-0.15, -0.1) is 0 Å². The number of hydrogen-bond acceptors (Lipinski definition) is 4. The van der Waals surface area contributed by atoms with Gasteiger partial charge in [0.1, 0.15) is 17.0 Å². The van der Waals surface area contributed by atoms with Crippen molar-refractivity contribution in [1.29, 1.82) is 0 Å². The molecular formula is C15H14ClN3O2. The third kappa shape index (κ3) is 2.15. The molecule has 21 heavy (non-hydrogen) atoms. The molecule has 0 aliphatic carbocycles. The zero-order valence-electron chi connectivity index (χ0n) is 11.6. The largest absolute Gasteiger partial charge is 0.495 e. The Hall–Kier alpha value is -2.40. The van der Waals surface area contributed by atoms with Crippen molar-refractivity contribution in [2.45, 2.75) is 0 Å². The topological polar surface area (TPSA) is 62.3 Å². The zero-order valence-corrected chi connectivity index (χ0v) is 12.4. The van der Waals surface area contributed by atoms with Crippen LogP contribution in [0, 0.1) is 0 Å². The number of nitrogens with zero attached hydrogens (tertiary/aromatic N) is 2. The number of nitrogens with two attached hydrogens (primary N) is 1. The molecule has 1 heterocycles. The monoisotopic (exact) mass is 303 g/mol. The average Bonchev–Trinajstić information content (AvgIpc) is 2.82. The lowest BCUT2D eigenvalue weighted by Gasteiger charge is -2.09. The van der Waals surface area contributed by atoms with Crippen molar-refractivity contribution in [2.75, 3.05) is 20.0 Å². The van der Waals surface area contributed by atoms with Gasteiger partial charge in [-0.05, 0) is 30.3 Å². The maximum atomic E-state index is 6.18. The molecule has 0 saturated heterocycles. The van der Waals surface area contributed by atoms with Gasteiger partial charge in [0.25, 0.3) is 0 Å². The zero-order chi connectivity index (χ0) is 15.0. The lowest BCUT2D eigenvalue weighted by atomic mass is 10.2. The molecule has 2 aromatic carbocycles. The van der Waals surface area contributed by atoms with Crippen LogP contribution in [0.4, 0.5) is 5.95 Å². The SMILES string of the molecule is COc1ccc(-n2c(N)nc3c(OC)cccc32)cc1Cl. The van der Waals surface area contributed by atoms with Crippen LogP contribution in [0.5, 0.6) is 11.5 Å². The minimum atomic E-state index is 0.371. The van der Waals surface area contributed by atoms with E-state index in [1.54, 1.807) is 26.4 Å². The van der Waals surface area contributed by atoms with Gasteiger partial charge < -0.3 is 15.2 Å². The molecule has 3 aromatic rings. The van der Waals surface area contributed by atoms with Crippen LogP contribution in [-0.2, 0) is 0 Å². The summed E-state index contributed by atoms with van der Waals surface area (Å²) < 4.78 is 12.3. The summed E-state index contributed by atoms with van der Waals surface area (Å²) in [5.74, 6) is 1.66. The summed E-state index contributed by atoms with van der Waals surface area (Å²) in [6.45, 7) is 0. The van der Waals surface area contributed by atoms with Crippen molar-refractivity contribution in [2.24, 2.45) is 0 Å². The Labute approximate surface area is 126 Å². The molecule has 0 spiro atoms. The number of nitrogen functional groups attached to an aromatic ring is 1. The molecule has 0 aliphatic heterocycles. The number of rotatable bonds is 3. The lowest BCUT2D eigenvalue weighted by molar-refractivity contribution is 0.415. The number of halogens is 1. The molecular weight excluding hydrogens is 290 g/mol. The van der Waals surface area contributed by atoms with Gasteiger partial charge in [0, 0.05) is 0 Å². The molecule has 0 atom stereocenters. The van der Waals surface area contributed by atoms with E-state index in [0.29, 0.717) is 28.0 Å². The van der Waals surface area contributed by atoms with Gasteiger partial charge in [-0.1, -0.05) is 17.7 Å². The summed E-state index contributed by atoms with van der Waals surface area (Å²) in [6, 6.07) is 11.1. The normalized spacial score (nSPS) is 10.8. The second-order valence-corrected chi connectivity index (χ2v) is 4.86. The highest BCUT2D eigenvalue weighted by molar-refractivity contribution is 6.32. The fourth-order valence-corrected chi connectivity index (χ4v) is 2.57. The first kappa shape index (κ1) is 13.6. The van der Waals surface area contributed by atoms with Crippen LogP contribution in [0.15, 0.2) is 36.4 Å². The van der Waals surface area contributed by atoms with Crippen LogP contribution >= 0.6 is 11.6 Å². The van der Waals surface area contributed by atoms with Crippen molar-refractivity contribution < 1.29 is 9.47 Å². The quantitative estimate of drug-likeness (QED) is 0.806. The Balaban J connectivity index is 2.25. The molecule has 0 aliphatic rings. The Morgan fingerprint density at radius 2 is 1.86 bits per heavy atom. The van der Waals surface area contributed by atoms with Crippen molar-refractivity contribution in [3.05, 3.63) is 41.4 Å². The van der Waals surface area contributed by atoms with E-state index in [-0.39, 0.29) is 0 Å². The number of para-hydroxylation sites is 1. The fraction of sp³-hybridized carbons (Fsp3) is 0.133. The number of hydrogen-bond donors (Lipinski definition) is 1. The van der Waals surface area contributed by atoms with Gasteiger partial charge >= 0.3 is 0 Å². The number of fused-ring (bicyclic) bond motifs is 1. The maximum absolute atomic E-state index is 6.18. The Kier molecular flexibility index (Phi) is 3.35. The van der Waals surface area contributed by atoms with Crippen LogP contribution in [0.2, 0.25) is 5.02 Å². The van der Waals surface area contributed by atoms with E-state index in [2.05, 4.69) is 4.98 Å². The third-order valence-corrected chi connectivity index (χ3v) is 3.58. The number of aromatic nitrogens is 2. The smallest absolute Gasteiger partial charge is 0.206 e. The van der Waals surface area contributed by atoms with E-state index >= 15 is 0 Å². The average molecular weight is 304 g/mol. The van der Waals surface area contributed by atoms with Gasteiger partial charge in [0.05, 0.1) is 30.4 Å². The number of imidazole rings is 1. The molecule has 6 heteroatoms. The van der Waals surface area contributed by atoms with Crippen molar-refractivity contribution in [3.8, 4) is 17.2 Å². The molecule has 0 unspecified atom stereocenters. The van der Waals surface area contributed by atoms with Crippen LogP contribution in [0.1, 0.15) is 0 Å². The number of anilines is 1. The molecule has 5 nitrogen and oxygen atoms in total. The summed E-state index contributed by atoms with van der Waals surface area (Å²) in [4.78, 5) is 4.37. The van der Waals surface area contributed by atoms with Crippen LogP contribution in [0.25, 0.3) is 16.7 Å². The van der Waals surface area contributed by atoms with E-state index in [9.17, 15) is 0 Å². The van der Waals surface area contributed by atoms with Crippen molar-refractivity contribution >= 4 is 28.6 Å². The lowest BCUT2D eigenvalue weighted by Crippen LogP contribution is -2.00. The molecule has 0 fully saturated rings. The summed E-state index contributed by atoms with van der Waals surface area (Å²) >= 11 is 6.18. The Bertz CT molecular complexity index is 814. The first-order chi connectivity index (χ1) is 10.2. The van der Waals surface area contributed by atoms with Crippen LogP contribution in [0.3, 0.4) is 0 Å². The van der Waals surface area contributed by atoms with E-state index in [1.807, 2.05) is 28.8 Å². The highest BCUT2D eigenvalue weighted by Crippen LogP contribution is 2.32. The summed E-state index contributed by atoms with van der Waals surface area (Å²) in [6.07, 6.45) is 0. The van der Waals surface area contributed by atoms with Crippen molar-refractivity contribution in [3.63, 3.8) is 0 Å². The first-order valence-electron chi connectivity index (χ1n) is 6.30. The number of benzene rings is 2. The first-order valence-corrected chi connectivity index (χ1v) is 6.68. The highest BCUT2D eigenvalue weighted by atomic mass is 35.5. The molecule has 0 saturated carbocycles. The summed E-state index contributed by atoms with van der Waals surface area (Å²) in [5, 5.41) is 0.513. The summed E-state index contributed by atoms with van der Waals surface area (Å²) in [7, 11) is 3.18. The fourth-order valence-electron chi connectivity index (χ4n) is 2.32. The maximum Gasteiger partial charge on any atom is 0.206 e. The van der Waals surface area contributed by atoms with Gasteiger partial charge in [-0.25, -0.2) is 4.98 Å². The van der Waals surface area contributed by atoms with E-state index < -0.39 is 0 Å². The minimum Gasteiger partial charge on any atom is -0.495 e. The van der Waals surface area contributed by atoms with E-state index in [1.165, 1.54) is 0 Å². The predicted octanol–water partition coefficient (Wildman–Crippen LogP) is 3.28. The summed E-state index contributed by atoms with van der Waals surface area (Å²) in [5.41, 5.74) is 8.43. The molecule has 0 radical (unpaired) electrons. The van der Waals surface area contributed by atoms with Gasteiger partial charge in [0.2, 0.25) is 5.95 Å².